The van der Waals surface area contributed by atoms with Crippen molar-refractivity contribution in [2.75, 3.05) is 6.79 Å². The number of hydrazine groups is 1. The molecule has 2 aromatic carbocycles. The molecule has 1 aliphatic rings. The summed E-state index contributed by atoms with van der Waals surface area (Å²) in [6, 6.07) is 11.7. The van der Waals surface area contributed by atoms with Crippen LogP contribution in [0.2, 0.25) is 5.02 Å². The first-order chi connectivity index (χ1) is 14.0. The summed E-state index contributed by atoms with van der Waals surface area (Å²) < 4.78 is 12.2. The van der Waals surface area contributed by atoms with Crippen LogP contribution in [0, 0.1) is 4.77 Å². The average molecular weight is 432 g/mol. The largest absolute Gasteiger partial charge is 0.454 e. The first kappa shape index (κ1) is 19.0. The molecule has 148 valence electrons. The van der Waals surface area contributed by atoms with Crippen molar-refractivity contribution in [2.24, 2.45) is 0 Å². The summed E-state index contributed by atoms with van der Waals surface area (Å²) >= 11 is 11.1. The highest BCUT2D eigenvalue weighted by Gasteiger charge is 2.17. The number of nitrogens with one attached hydrogen (secondary N) is 3. The quantitative estimate of drug-likeness (QED) is 0.432. The highest BCUT2D eigenvalue weighted by atomic mass is 35.5. The molecule has 1 aromatic heterocycles. The molecule has 0 saturated heterocycles. The van der Waals surface area contributed by atoms with Gasteiger partial charge >= 0.3 is 0 Å². The summed E-state index contributed by atoms with van der Waals surface area (Å²) in [7, 11) is 0. The fraction of sp³-hybridized carbons (Fsp3) is 0.111. The number of amides is 2. The van der Waals surface area contributed by atoms with Gasteiger partial charge in [-0.25, -0.2) is 0 Å². The lowest BCUT2D eigenvalue weighted by atomic mass is 10.2. The lowest BCUT2D eigenvalue weighted by Gasteiger charge is -2.10. The van der Waals surface area contributed by atoms with Gasteiger partial charge in [0.05, 0.1) is 0 Å². The van der Waals surface area contributed by atoms with Crippen LogP contribution in [0.4, 0.5) is 0 Å². The van der Waals surface area contributed by atoms with Crippen LogP contribution in [0.1, 0.15) is 10.4 Å². The number of ether oxygens (including phenoxy) is 2. The highest BCUT2D eigenvalue weighted by Crippen LogP contribution is 2.32. The fourth-order valence-corrected chi connectivity index (χ4v) is 3.03. The van der Waals surface area contributed by atoms with Gasteiger partial charge in [-0.15, -0.1) is 0 Å². The first-order valence-corrected chi connectivity index (χ1v) is 9.20. The molecule has 4 rings (SSSR count). The lowest BCUT2D eigenvalue weighted by molar-refractivity contribution is -0.122. The average Bonchev–Trinajstić information content (AvgIpc) is 3.33. The van der Waals surface area contributed by atoms with Gasteiger partial charge in [0.1, 0.15) is 6.54 Å². The van der Waals surface area contributed by atoms with Crippen LogP contribution in [0.5, 0.6) is 11.5 Å². The number of benzene rings is 2. The molecule has 0 bridgehead atoms. The molecule has 2 heterocycles. The number of aromatic amines is 1. The molecule has 11 heteroatoms. The molecule has 2 amide bonds. The van der Waals surface area contributed by atoms with Crippen LogP contribution in [-0.2, 0) is 11.3 Å². The Balaban J connectivity index is 1.41. The van der Waals surface area contributed by atoms with Gasteiger partial charge < -0.3 is 9.47 Å². The minimum atomic E-state index is -0.495. The van der Waals surface area contributed by atoms with Gasteiger partial charge in [-0.2, -0.15) is 5.10 Å². The van der Waals surface area contributed by atoms with Gasteiger partial charge in [-0.1, -0.05) is 11.6 Å². The fourth-order valence-electron chi connectivity index (χ4n) is 2.70. The van der Waals surface area contributed by atoms with Gasteiger partial charge in [0.25, 0.3) is 11.8 Å². The van der Waals surface area contributed by atoms with E-state index < -0.39 is 11.8 Å². The van der Waals surface area contributed by atoms with Crippen LogP contribution < -0.4 is 20.3 Å². The predicted molar refractivity (Wildman–Crippen MR) is 106 cm³/mol. The number of carbonyl (C=O) groups excluding carboxylic acids is 2. The molecule has 3 N–H and O–H groups in total. The Morgan fingerprint density at radius 2 is 1.90 bits per heavy atom. The third-order valence-electron chi connectivity index (χ3n) is 4.11. The van der Waals surface area contributed by atoms with Gasteiger partial charge in [-0.05, 0) is 54.7 Å². The number of hydrogen-bond donors (Lipinski definition) is 3. The topological polar surface area (TPSA) is 110 Å². The Kier molecular flexibility index (Phi) is 5.19. The Morgan fingerprint density at radius 1 is 1.14 bits per heavy atom. The van der Waals surface area contributed by atoms with Gasteiger partial charge in [0.15, 0.2) is 22.1 Å². The van der Waals surface area contributed by atoms with Crippen LogP contribution >= 0.6 is 23.8 Å². The summed E-state index contributed by atoms with van der Waals surface area (Å²) in [5.41, 5.74) is 5.77. The monoisotopic (exact) mass is 431 g/mol. The summed E-state index contributed by atoms with van der Waals surface area (Å²) in [4.78, 5) is 24.6. The normalized spacial score (nSPS) is 11.9. The number of aromatic nitrogens is 3. The summed E-state index contributed by atoms with van der Waals surface area (Å²) in [6.07, 6.45) is 0. The number of hydrogen-bond acceptors (Lipinski definition) is 6. The maximum Gasteiger partial charge on any atom is 0.269 e. The van der Waals surface area contributed by atoms with E-state index in [9.17, 15) is 9.59 Å². The summed E-state index contributed by atoms with van der Waals surface area (Å²) in [5.74, 6) is 0.539. The zero-order valence-electron chi connectivity index (χ0n) is 14.8. The molecule has 29 heavy (non-hydrogen) atoms. The number of nitrogens with zero attached hydrogens (tertiary/aromatic N) is 2. The van der Waals surface area contributed by atoms with E-state index in [0.717, 1.165) is 5.56 Å². The Hall–Kier alpha value is -3.37. The molecule has 1 aliphatic heterocycles. The molecular weight excluding hydrogens is 418 g/mol. The number of fused-ring (bicyclic) bond motifs is 1. The molecule has 0 saturated carbocycles. The second-order valence-electron chi connectivity index (χ2n) is 6.02. The third kappa shape index (κ3) is 4.08. The van der Waals surface area contributed by atoms with Crippen LogP contribution in [0.3, 0.4) is 0 Å². The first-order valence-electron chi connectivity index (χ1n) is 8.41. The van der Waals surface area contributed by atoms with Crippen LogP contribution in [-0.4, -0.2) is 33.4 Å². The van der Waals surface area contributed by atoms with Gasteiger partial charge in [-0.3, -0.25) is 30.1 Å². The molecule has 9 nitrogen and oxygen atoms in total. The number of halogens is 1. The van der Waals surface area contributed by atoms with Crippen molar-refractivity contribution in [3.05, 3.63) is 57.8 Å². The van der Waals surface area contributed by atoms with Gasteiger partial charge in [0, 0.05) is 16.1 Å². The van der Waals surface area contributed by atoms with Crippen molar-refractivity contribution in [3.63, 3.8) is 0 Å². The van der Waals surface area contributed by atoms with E-state index in [1.807, 2.05) is 0 Å². The Morgan fingerprint density at radius 3 is 2.69 bits per heavy atom. The molecule has 0 unspecified atom stereocenters. The second-order valence-corrected chi connectivity index (χ2v) is 6.84. The van der Waals surface area contributed by atoms with Crippen molar-refractivity contribution in [3.8, 4) is 22.9 Å². The summed E-state index contributed by atoms with van der Waals surface area (Å²) in [6.45, 7) is -0.0346. The van der Waals surface area contributed by atoms with E-state index in [4.69, 9.17) is 33.3 Å². The standard InChI is InChI=1S/C18H14ClN5O4S/c19-12-4-1-10(2-5-12)16-21-23-18(29)24(16)8-15(25)20-22-17(26)11-3-6-13-14(7-11)28-9-27-13/h1-7H,8-9H2,(H,20,25)(H,22,26)(H,23,29). The van der Waals surface area contributed by atoms with E-state index >= 15 is 0 Å². The zero-order chi connectivity index (χ0) is 20.4. The highest BCUT2D eigenvalue weighted by molar-refractivity contribution is 7.71. The van der Waals surface area contributed by atoms with Crippen molar-refractivity contribution in [1.82, 2.24) is 25.6 Å². The van der Waals surface area contributed by atoms with E-state index in [0.29, 0.717) is 27.9 Å². The molecule has 0 radical (unpaired) electrons. The van der Waals surface area contributed by atoms with Crippen molar-refractivity contribution >= 4 is 35.6 Å². The van der Waals surface area contributed by atoms with Crippen molar-refractivity contribution < 1.29 is 19.1 Å². The Bertz CT molecular complexity index is 1140. The second kappa shape index (κ2) is 7.94. The minimum Gasteiger partial charge on any atom is -0.454 e. The molecular formula is C18H14ClN5O4S. The zero-order valence-corrected chi connectivity index (χ0v) is 16.3. The minimum absolute atomic E-state index is 0.110. The molecule has 0 fully saturated rings. The predicted octanol–water partition coefficient (Wildman–Crippen LogP) is 2.45. The SMILES string of the molecule is O=C(Cn1c(-c2ccc(Cl)cc2)n[nH]c1=S)NNC(=O)c1ccc2c(c1)OCO2. The number of H-pyrrole nitrogens is 1. The van der Waals surface area contributed by atoms with E-state index in [-0.39, 0.29) is 18.1 Å². The maximum absolute atomic E-state index is 12.3. The van der Waals surface area contributed by atoms with Crippen molar-refractivity contribution in [2.45, 2.75) is 6.54 Å². The summed E-state index contributed by atoms with van der Waals surface area (Å²) in [5, 5.41) is 7.40. The molecule has 0 atom stereocenters. The van der Waals surface area contributed by atoms with Crippen molar-refractivity contribution in [1.29, 1.82) is 0 Å². The third-order valence-corrected chi connectivity index (χ3v) is 4.68. The maximum atomic E-state index is 12.3. The van der Waals surface area contributed by atoms with Gasteiger partial charge in [0.2, 0.25) is 6.79 Å². The smallest absolute Gasteiger partial charge is 0.269 e. The lowest BCUT2D eigenvalue weighted by Crippen LogP contribution is -2.43. The molecule has 0 aliphatic carbocycles. The number of carbonyl (C=O) groups is 2. The number of rotatable bonds is 4. The van der Waals surface area contributed by atoms with E-state index in [2.05, 4.69) is 21.0 Å². The van der Waals surface area contributed by atoms with E-state index in [1.54, 1.807) is 36.4 Å². The Labute approximate surface area is 174 Å². The van der Waals surface area contributed by atoms with Crippen LogP contribution in [0.15, 0.2) is 42.5 Å². The molecule has 3 aromatic rings. The molecule has 0 spiro atoms. The van der Waals surface area contributed by atoms with Crippen LogP contribution in [0.25, 0.3) is 11.4 Å². The van der Waals surface area contributed by atoms with E-state index in [1.165, 1.54) is 10.6 Å².